The first kappa shape index (κ1) is 21.8. The van der Waals surface area contributed by atoms with Crippen molar-refractivity contribution in [3.8, 4) is 5.75 Å². The van der Waals surface area contributed by atoms with Crippen LogP contribution in [0.15, 0.2) is 24.3 Å². The summed E-state index contributed by atoms with van der Waals surface area (Å²) in [5.41, 5.74) is 0.341. The Bertz CT molecular complexity index is 803. The van der Waals surface area contributed by atoms with Gasteiger partial charge in [-0.25, -0.2) is 0 Å². The fourth-order valence-electron chi connectivity index (χ4n) is 3.27. The van der Waals surface area contributed by atoms with Gasteiger partial charge in [-0.05, 0) is 37.1 Å². The van der Waals surface area contributed by atoms with E-state index in [0.717, 1.165) is 12.1 Å². The Morgan fingerprint density at radius 2 is 1.59 bits per heavy atom. The highest BCUT2D eigenvalue weighted by molar-refractivity contribution is 7.86. The second kappa shape index (κ2) is 8.86. The number of nitrogens with zero attached hydrogens (tertiary/aromatic N) is 2. The lowest BCUT2D eigenvalue weighted by molar-refractivity contribution is -0.274. The molecule has 0 radical (unpaired) electrons. The molecule has 0 aromatic heterocycles. The normalized spacial score (nSPS) is 20.4. The Morgan fingerprint density at radius 1 is 1.03 bits per heavy atom. The summed E-state index contributed by atoms with van der Waals surface area (Å²) in [6.45, 7) is 1.83. The molecule has 2 aliphatic rings. The van der Waals surface area contributed by atoms with Crippen LogP contribution in [0.1, 0.15) is 12.8 Å². The van der Waals surface area contributed by atoms with E-state index in [1.165, 1.54) is 20.7 Å². The van der Waals surface area contributed by atoms with Crippen LogP contribution >= 0.6 is 0 Å². The molecule has 1 amide bonds. The molecule has 2 saturated heterocycles. The van der Waals surface area contributed by atoms with Crippen LogP contribution in [0.25, 0.3) is 0 Å². The summed E-state index contributed by atoms with van der Waals surface area (Å²) in [6, 6.07) is 4.86. The van der Waals surface area contributed by atoms with E-state index in [0.29, 0.717) is 44.8 Å². The number of nitrogens with one attached hydrogen (secondary N) is 1. The van der Waals surface area contributed by atoms with Crippen LogP contribution in [0.5, 0.6) is 5.75 Å². The summed E-state index contributed by atoms with van der Waals surface area (Å²) in [4.78, 5) is 12.4. The Balaban J connectivity index is 1.51. The molecule has 0 unspecified atom stereocenters. The molecule has 162 valence electrons. The number of carbonyl (C=O) groups is 1. The summed E-state index contributed by atoms with van der Waals surface area (Å²) in [5.74, 6) is -1.05. The van der Waals surface area contributed by atoms with Crippen LogP contribution in [0, 0.1) is 5.92 Å². The zero-order chi connectivity index (χ0) is 21.1. The van der Waals surface area contributed by atoms with E-state index in [4.69, 9.17) is 4.74 Å². The Kier molecular flexibility index (Phi) is 6.66. The molecule has 8 nitrogen and oxygen atoms in total. The molecule has 2 aliphatic heterocycles. The van der Waals surface area contributed by atoms with Gasteiger partial charge in [0.1, 0.15) is 5.75 Å². The fourth-order valence-corrected chi connectivity index (χ4v) is 4.88. The van der Waals surface area contributed by atoms with Crippen LogP contribution in [-0.2, 0) is 19.7 Å². The van der Waals surface area contributed by atoms with Crippen molar-refractivity contribution in [3.63, 3.8) is 0 Å². The highest BCUT2D eigenvalue weighted by Gasteiger charge is 2.35. The molecule has 0 spiro atoms. The largest absolute Gasteiger partial charge is 0.573 e. The second-order valence-electron chi connectivity index (χ2n) is 6.75. The van der Waals surface area contributed by atoms with Gasteiger partial charge in [0.25, 0.3) is 10.2 Å². The lowest BCUT2D eigenvalue weighted by Crippen LogP contribution is -2.51. The number of hydrogen-bond acceptors (Lipinski definition) is 5. The third kappa shape index (κ3) is 5.81. The van der Waals surface area contributed by atoms with Crippen LogP contribution in [0.2, 0.25) is 0 Å². The number of halogens is 3. The maximum atomic E-state index is 12.6. The second-order valence-corrected chi connectivity index (χ2v) is 8.68. The van der Waals surface area contributed by atoms with Gasteiger partial charge in [-0.2, -0.15) is 17.0 Å². The van der Waals surface area contributed by atoms with E-state index in [-0.39, 0.29) is 30.7 Å². The zero-order valence-corrected chi connectivity index (χ0v) is 16.3. The minimum Gasteiger partial charge on any atom is -0.406 e. The molecule has 29 heavy (non-hydrogen) atoms. The predicted molar refractivity (Wildman–Crippen MR) is 97.4 cm³/mol. The molecule has 2 heterocycles. The maximum absolute atomic E-state index is 12.6. The molecule has 1 aromatic rings. The summed E-state index contributed by atoms with van der Waals surface area (Å²) in [7, 11) is -3.56. The molecular weight excluding hydrogens is 415 g/mol. The molecule has 0 aliphatic carbocycles. The van der Waals surface area contributed by atoms with Crippen molar-refractivity contribution in [2.45, 2.75) is 19.2 Å². The average Bonchev–Trinajstić information content (AvgIpc) is 2.69. The summed E-state index contributed by atoms with van der Waals surface area (Å²) in [5, 5.41) is 2.65. The number of anilines is 1. The third-order valence-corrected chi connectivity index (χ3v) is 6.84. The first-order chi connectivity index (χ1) is 13.6. The van der Waals surface area contributed by atoms with Crippen LogP contribution in [-0.4, -0.2) is 68.7 Å². The van der Waals surface area contributed by atoms with Crippen molar-refractivity contribution in [1.82, 2.24) is 8.61 Å². The number of amides is 1. The van der Waals surface area contributed by atoms with Gasteiger partial charge in [0.15, 0.2) is 0 Å². The van der Waals surface area contributed by atoms with Gasteiger partial charge in [0.05, 0.1) is 13.2 Å². The van der Waals surface area contributed by atoms with E-state index in [1.54, 1.807) is 0 Å². The molecule has 0 atom stereocenters. The van der Waals surface area contributed by atoms with E-state index < -0.39 is 16.6 Å². The van der Waals surface area contributed by atoms with Gasteiger partial charge in [-0.15, -0.1) is 13.2 Å². The summed E-state index contributed by atoms with van der Waals surface area (Å²) in [6.07, 6.45) is -4.05. The monoisotopic (exact) mass is 437 g/mol. The quantitative estimate of drug-likeness (QED) is 0.759. The smallest absolute Gasteiger partial charge is 0.406 e. The van der Waals surface area contributed by atoms with Crippen molar-refractivity contribution < 1.29 is 35.9 Å². The molecule has 0 bridgehead atoms. The van der Waals surface area contributed by atoms with E-state index >= 15 is 0 Å². The van der Waals surface area contributed by atoms with Gasteiger partial charge in [-0.3, -0.25) is 4.79 Å². The molecule has 1 aromatic carbocycles. The van der Waals surface area contributed by atoms with Crippen LogP contribution in [0.4, 0.5) is 18.9 Å². The van der Waals surface area contributed by atoms with Crippen LogP contribution in [0.3, 0.4) is 0 Å². The molecule has 3 rings (SSSR count). The van der Waals surface area contributed by atoms with Crippen molar-refractivity contribution in [1.29, 1.82) is 0 Å². The van der Waals surface area contributed by atoms with Crippen LogP contribution < -0.4 is 10.1 Å². The predicted octanol–water partition coefficient (Wildman–Crippen LogP) is 1.81. The molecule has 2 fully saturated rings. The van der Waals surface area contributed by atoms with Crippen molar-refractivity contribution in [2.24, 2.45) is 5.92 Å². The van der Waals surface area contributed by atoms with Crippen molar-refractivity contribution in [2.75, 3.05) is 44.7 Å². The lowest BCUT2D eigenvalue weighted by atomic mass is 9.97. The fraction of sp³-hybridized carbons (Fsp3) is 0.588. The minimum absolute atomic E-state index is 0.232. The number of morpholine rings is 1. The Hall–Kier alpha value is -1.89. The van der Waals surface area contributed by atoms with Gasteiger partial charge in [0.2, 0.25) is 5.91 Å². The van der Waals surface area contributed by atoms with Gasteiger partial charge < -0.3 is 14.8 Å². The third-order valence-electron chi connectivity index (χ3n) is 4.80. The molecule has 12 heteroatoms. The van der Waals surface area contributed by atoms with E-state index in [1.807, 2.05) is 0 Å². The Labute approximate surface area is 166 Å². The standard InChI is InChI=1S/C17H22F3N3O5S/c18-17(19,20)28-15-3-1-14(2-4-15)21-16(24)13-5-7-22(8-6-13)29(25,26)23-9-11-27-12-10-23/h1-4,13H,5-12H2,(H,21,24). The zero-order valence-electron chi connectivity index (χ0n) is 15.5. The SMILES string of the molecule is O=C(Nc1ccc(OC(F)(F)F)cc1)C1CCN(S(=O)(=O)N2CCOCC2)CC1. The lowest BCUT2D eigenvalue weighted by Gasteiger charge is -2.35. The van der Waals surface area contributed by atoms with Crippen molar-refractivity contribution in [3.05, 3.63) is 24.3 Å². The number of hydrogen-bond donors (Lipinski definition) is 1. The molecule has 1 N–H and O–H groups in total. The summed E-state index contributed by atoms with van der Waals surface area (Å²) >= 11 is 0. The van der Waals surface area contributed by atoms with Crippen molar-refractivity contribution >= 4 is 21.8 Å². The first-order valence-electron chi connectivity index (χ1n) is 9.15. The Morgan fingerprint density at radius 3 is 2.14 bits per heavy atom. The number of piperidine rings is 1. The summed E-state index contributed by atoms with van der Waals surface area (Å²) < 4.78 is 73.6. The van der Waals surface area contributed by atoms with Gasteiger partial charge in [-0.1, -0.05) is 0 Å². The highest BCUT2D eigenvalue weighted by atomic mass is 32.2. The molecule has 0 saturated carbocycles. The minimum atomic E-state index is -4.78. The number of alkyl halides is 3. The van der Waals surface area contributed by atoms with Gasteiger partial charge in [0, 0.05) is 37.8 Å². The maximum Gasteiger partial charge on any atom is 0.573 e. The number of carbonyl (C=O) groups excluding carboxylic acids is 1. The number of ether oxygens (including phenoxy) is 2. The van der Waals surface area contributed by atoms with E-state index in [2.05, 4.69) is 10.1 Å². The average molecular weight is 437 g/mol. The van der Waals surface area contributed by atoms with E-state index in [9.17, 15) is 26.4 Å². The topological polar surface area (TPSA) is 88.2 Å². The number of rotatable bonds is 5. The highest BCUT2D eigenvalue weighted by Crippen LogP contribution is 2.26. The molecular formula is C17H22F3N3O5S. The first-order valence-corrected chi connectivity index (χ1v) is 10.5. The number of benzene rings is 1. The van der Waals surface area contributed by atoms with Gasteiger partial charge >= 0.3 is 6.36 Å².